The van der Waals surface area contributed by atoms with Gasteiger partial charge in [0, 0.05) is 18.0 Å². The smallest absolute Gasteiger partial charge is 0.339 e. The molecule has 2 rings (SSSR count). The molecule has 3 N–H and O–H groups in total. The van der Waals surface area contributed by atoms with E-state index in [9.17, 15) is 9.59 Å². The lowest BCUT2D eigenvalue weighted by Gasteiger charge is -2.23. The van der Waals surface area contributed by atoms with Crippen molar-refractivity contribution in [2.75, 3.05) is 0 Å². The predicted octanol–water partition coefficient (Wildman–Crippen LogP) is 2.64. The first-order chi connectivity index (χ1) is 10.4. The number of carboxylic acids is 2. The summed E-state index contributed by atoms with van der Waals surface area (Å²) in [4.78, 5) is 28.8. The molecular formula is C16H20N2O4. The Hall–Kier alpha value is -2.37. The fraction of sp³-hybridized carbons (Fsp3) is 0.438. The SMILES string of the molecule is CC1=C(C)CC(Cc2cnc(/C(=C\C(=O)O)C(=O)O)[nH]2)CC1. The van der Waals surface area contributed by atoms with Crippen molar-refractivity contribution >= 4 is 17.5 Å². The molecule has 0 spiro atoms. The Morgan fingerprint density at radius 2 is 2.09 bits per heavy atom. The highest BCUT2D eigenvalue weighted by molar-refractivity contribution is 6.18. The molecule has 22 heavy (non-hydrogen) atoms. The summed E-state index contributed by atoms with van der Waals surface area (Å²) in [5, 5.41) is 17.8. The topological polar surface area (TPSA) is 103 Å². The van der Waals surface area contributed by atoms with Crippen LogP contribution in [-0.4, -0.2) is 32.1 Å². The quantitative estimate of drug-likeness (QED) is 0.573. The number of nitrogens with one attached hydrogen (secondary N) is 1. The standard InChI is InChI=1S/C16H20N2O4/c1-9-3-4-11(5-10(9)2)6-12-8-17-15(18-12)13(16(21)22)7-14(19)20/h7-8,11H,3-6H2,1-2H3,(H,17,18)(H,19,20)(H,21,22)/b13-7+. The molecule has 1 aliphatic rings. The second-order valence-electron chi connectivity index (χ2n) is 5.83. The van der Waals surface area contributed by atoms with Crippen molar-refractivity contribution in [1.82, 2.24) is 9.97 Å². The molecule has 118 valence electrons. The van der Waals surface area contributed by atoms with Crippen molar-refractivity contribution in [3.63, 3.8) is 0 Å². The highest BCUT2D eigenvalue weighted by atomic mass is 16.4. The zero-order chi connectivity index (χ0) is 16.3. The Bertz CT molecular complexity index is 655. The Morgan fingerprint density at radius 3 is 2.68 bits per heavy atom. The Morgan fingerprint density at radius 1 is 1.36 bits per heavy atom. The maximum atomic E-state index is 11.1. The van der Waals surface area contributed by atoms with Crippen molar-refractivity contribution in [3.8, 4) is 0 Å². The number of nitrogens with zero attached hydrogens (tertiary/aromatic N) is 1. The number of aromatic nitrogens is 2. The van der Waals surface area contributed by atoms with E-state index in [4.69, 9.17) is 10.2 Å². The van der Waals surface area contributed by atoms with Crippen LogP contribution in [0.3, 0.4) is 0 Å². The van der Waals surface area contributed by atoms with E-state index in [1.54, 1.807) is 6.20 Å². The minimum atomic E-state index is -1.31. The van der Waals surface area contributed by atoms with Gasteiger partial charge in [-0.25, -0.2) is 14.6 Å². The van der Waals surface area contributed by atoms with Crippen LogP contribution in [0.2, 0.25) is 0 Å². The fourth-order valence-electron chi connectivity index (χ4n) is 2.78. The fourth-order valence-corrected chi connectivity index (χ4v) is 2.78. The second kappa shape index (κ2) is 6.60. The van der Waals surface area contributed by atoms with E-state index in [2.05, 4.69) is 23.8 Å². The summed E-state index contributed by atoms with van der Waals surface area (Å²) in [6.45, 7) is 4.31. The van der Waals surface area contributed by atoms with Crippen LogP contribution >= 0.6 is 0 Å². The van der Waals surface area contributed by atoms with Crippen LogP contribution in [0, 0.1) is 5.92 Å². The van der Waals surface area contributed by atoms with Gasteiger partial charge in [0.05, 0.1) is 0 Å². The van der Waals surface area contributed by atoms with Crippen LogP contribution in [0.1, 0.15) is 44.6 Å². The van der Waals surface area contributed by atoms with Gasteiger partial charge in [-0.1, -0.05) is 11.1 Å². The number of imidazole rings is 1. The van der Waals surface area contributed by atoms with E-state index in [1.807, 2.05) is 0 Å². The molecule has 1 unspecified atom stereocenters. The molecule has 6 heteroatoms. The van der Waals surface area contributed by atoms with E-state index >= 15 is 0 Å². The van der Waals surface area contributed by atoms with E-state index in [0.29, 0.717) is 12.0 Å². The molecule has 0 radical (unpaired) electrons. The molecule has 1 aromatic rings. The summed E-state index contributed by atoms with van der Waals surface area (Å²) in [6, 6.07) is 0. The minimum Gasteiger partial charge on any atom is -0.478 e. The molecule has 0 aromatic carbocycles. The van der Waals surface area contributed by atoms with Crippen LogP contribution in [0.5, 0.6) is 0 Å². The van der Waals surface area contributed by atoms with Crippen LogP contribution in [0.25, 0.3) is 5.57 Å². The first-order valence-corrected chi connectivity index (χ1v) is 7.24. The Balaban J connectivity index is 2.12. The number of hydrogen-bond acceptors (Lipinski definition) is 3. The van der Waals surface area contributed by atoms with Crippen molar-refractivity contribution in [1.29, 1.82) is 0 Å². The number of aliphatic carboxylic acids is 2. The van der Waals surface area contributed by atoms with Gasteiger partial charge in [-0.2, -0.15) is 0 Å². The normalized spacial score (nSPS) is 19.4. The molecule has 1 aromatic heterocycles. The molecule has 0 amide bonds. The molecule has 1 aliphatic carbocycles. The summed E-state index contributed by atoms with van der Waals surface area (Å²) in [7, 11) is 0. The van der Waals surface area contributed by atoms with Gasteiger partial charge in [0.15, 0.2) is 0 Å². The predicted molar refractivity (Wildman–Crippen MR) is 81.3 cm³/mol. The lowest BCUT2D eigenvalue weighted by molar-refractivity contribution is -0.133. The minimum absolute atomic E-state index is 0.0872. The average molecular weight is 304 g/mol. The third-order valence-electron chi connectivity index (χ3n) is 4.14. The van der Waals surface area contributed by atoms with Gasteiger partial charge in [-0.05, 0) is 45.4 Å². The number of carbonyl (C=O) groups is 2. The summed E-state index contributed by atoms with van der Waals surface area (Å²) in [5.41, 5.74) is 3.38. The van der Waals surface area contributed by atoms with Crippen LogP contribution in [0.15, 0.2) is 23.4 Å². The highest BCUT2D eigenvalue weighted by Crippen LogP contribution is 2.31. The van der Waals surface area contributed by atoms with Gasteiger partial charge in [0.25, 0.3) is 0 Å². The molecule has 1 atom stereocenters. The molecule has 0 bridgehead atoms. The summed E-state index contributed by atoms with van der Waals surface area (Å²) in [6.07, 6.45) is 6.27. The molecule has 0 fully saturated rings. The van der Waals surface area contributed by atoms with E-state index < -0.39 is 11.9 Å². The lowest BCUT2D eigenvalue weighted by atomic mass is 9.83. The van der Waals surface area contributed by atoms with Crippen molar-refractivity contribution < 1.29 is 19.8 Å². The number of hydrogen-bond donors (Lipinski definition) is 3. The van der Waals surface area contributed by atoms with Crippen molar-refractivity contribution in [2.24, 2.45) is 5.92 Å². The Labute approximate surface area is 128 Å². The number of carboxylic acid groups (broad SMARTS) is 2. The van der Waals surface area contributed by atoms with E-state index in [1.165, 1.54) is 11.1 Å². The number of allylic oxidation sites excluding steroid dienone is 2. The van der Waals surface area contributed by atoms with E-state index in [-0.39, 0.29) is 11.4 Å². The monoisotopic (exact) mass is 304 g/mol. The van der Waals surface area contributed by atoms with Crippen molar-refractivity contribution in [3.05, 3.63) is 34.9 Å². The molecule has 0 aliphatic heterocycles. The number of aromatic amines is 1. The maximum absolute atomic E-state index is 11.1. The van der Waals surface area contributed by atoms with Gasteiger partial charge >= 0.3 is 11.9 Å². The zero-order valence-electron chi connectivity index (χ0n) is 12.7. The molecule has 1 heterocycles. The third-order valence-corrected chi connectivity index (χ3v) is 4.14. The largest absolute Gasteiger partial charge is 0.478 e. The molecule has 0 saturated carbocycles. The number of rotatable bonds is 5. The first-order valence-electron chi connectivity index (χ1n) is 7.24. The van der Waals surface area contributed by atoms with Gasteiger partial charge in [-0.15, -0.1) is 0 Å². The van der Waals surface area contributed by atoms with Gasteiger partial charge in [0.1, 0.15) is 11.4 Å². The van der Waals surface area contributed by atoms with E-state index in [0.717, 1.165) is 31.4 Å². The molecular weight excluding hydrogens is 284 g/mol. The first kappa shape index (κ1) is 16.0. The highest BCUT2D eigenvalue weighted by Gasteiger charge is 2.20. The Kier molecular flexibility index (Phi) is 4.80. The summed E-state index contributed by atoms with van der Waals surface area (Å²) < 4.78 is 0. The van der Waals surface area contributed by atoms with Crippen LogP contribution < -0.4 is 0 Å². The van der Waals surface area contributed by atoms with Gasteiger partial charge < -0.3 is 15.2 Å². The molecule has 6 nitrogen and oxygen atoms in total. The average Bonchev–Trinajstić information content (AvgIpc) is 2.88. The summed E-state index contributed by atoms with van der Waals surface area (Å²) in [5.74, 6) is -2.02. The number of H-pyrrole nitrogens is 1. The van der Waals surface area contributed by atoms with Crippen LogP contribution in [-0.2, 0) is 16.0 Å². The van der Waals surface area contributed by atoms with Crippen LogP contribution in [0.4, 0.5) is 0 Å². The van der Waals surface area contributed by atoms with Gasteiger partial charge in [-0.3, -0.25) is 0 Å². The lowest BCUT2D eigenvalue weighted by Crippen LogP contribution is -2.11. The van der Waals surface area contributed by atoms with Gasteiger partial charge in [0.2, 0.25) is 0 Å². The maximum Gasteiger partial charge on any atom is 0.339 e. The third kappa shape index (κ3) is 3.84. The molecule has 0 saturated heterocycles. The van der Waals surface area contributed by atoms with Crippen molar-refractivity contribution in [2.45, 2.75) is 39.5 Å². The second-order valence-corrected chi connectivity index (χ2v) is 5.83. The zero-order valence-corrected chi connectivity index (χ0v) is 12.7. The summed E-state index contributed by atoms with van der Waals surface area (Å²) >= 11 is 0.